The Hall–Kier alpha value is -0.0800. The van der Waals surface area contributed by atoms with Gasteiger partial charge in [0.2, 0.25) is 0 Å². The fourth-order valence-electron chi connectivity index (χ4n) is 3.29. The van der Waals surface area contributed by atoms with Gasteiger partial charge in [0.25, 0.3) is 0 Å². The van der Waals surface area contributed by atoms with Crippen LogP contribution in [0.4, 0.5) is 0 Å². The molecule has 0 spiro atoms. The van der Waals surface area contributed by atoms with Gasteiger partial charge in [0.15, 0.2) is 0 Å². The van der Waals surface area contributed by atoms with Crippen LogP contribution in [0.2, 0.25) is 0 Å². The Balaban J connectivity index is 2.23. The monoisotopic (exact) mass is 255 g/mol. The summed E-state index contributed by atoms with van der Waals surface area (Å²) in [5.41, 5.74) is 6.47. The molecule has 0 amide bonds. The molecule has 18 heavy (non-hydrogen) atoms. The van der Waals surface area contributed by atoms with Crippen LogP contribution < -0.4 is 5.73 Å². The average Bonchev–Trinajstić information content (AvgIpc) is 2.22. The lowest BCUT2D eigenvalue weighted by atomic mass is 9.71. The van der Waals surface area contributed by atoms with Crippen molar-refractivity contribution < 1.29 is 4.74 Å². The molecule has 0 aromatic carbocycles. The first-order valence-electron chi connectivity index (χ1n) is 7.56. The van der Waals surface area contributed by atoms with Crippen molar-refractivity contribution in [2.45, 2.75) is 72.8 Å². The lowest BCUT2D eigenvalue weighted by molar-refractivity contribution is -0.0257. The molecule has 0 aliphatic heterocycles. The van der Waals surface area contributed by atoms with Gasteiger partial charge in [-0.3, -0.25) is 0 Å². The second-order valence-electron chi connectivity index (χ2n) is 7.88. The molecule has 2 heteroatoms. The summed E-state index contributed by atoms with van der Waals surface area (Å²) in [5, 5.41) is 0. The average molecular weight is 255 g/mol. The van der Waals surface area contributed by atoms with Gasteiger partial charge in [0.05, 0.1) is 6.10 Å². The van der Waals surface area contributed by atoms with Crippen molar-refractivity contribution >= 4 is 0 Å². The molecule has 2 atom stereocenters. The van der Waals surface area contributed by atoms with E-state index in [0.717, 1.165) is 31.9 Å². The molecular formula is C16H33NO. The lowest BCUT2D eigenvalue weighted by Gasteiger charge is -2.38. The summed E-state index contributed by atoms with van der Waals surface area (Å²) in [6, 6.07) is 0. The summed E-state index contributed by atoms with van der Waals surface area (Å²) < 4.78 is 6.09. The minimum Gasteiger partial charge on any atom is -0.378 e. The van der Waals surface area contributed by atoms with Crippen molar-refractivity contribution in [1.29, 1.82) is 0 Å². The van der Waals surface area contributed by atoms with Crippen LogP contribution in [0.15, 0.2) is 0 Å². The third-order valence-electron chi connectivity index (χ3n) is 4.25. The van der Waals surface area contributed by atoms with Gasteiger partial charge in [-0.15, -0.1) is 0 Å². The Labute approximate surface area is 114 Å². The number of hydrogen-bond donors (Lipinski definition) is 1. The Morgan fingerprint density at radius 3 is 2.50 bits per heavy atom. The summed E-state index contributed by atoms with van der Waals surface area (Å²) in [7, 11) is 0. The first-order chi connectivity index (χ1) is 8.24. The maximum atomic E-state index is 6.09. The smallest absolute Gasteiger partial charge is 0.0582 e. The maximum Gasteiger partial charge on any atom is 0.0582 e. The standard InChI is InChI=1S/C16H33NO/c1-13-9-14(11-16(4,5)10-13)18-8-6-7-15(2,3)12-17/h13-14H,6-12,17H2,1-5H3. The van der Waals surface area contributed by atoms with Crippen molar-refractivity contribution in [3.63, 3.8) is 0 Å². The molecule has 0 aromatic rings. The summed E-state index contributed by atoms with van der Waals surface area (Å²) in [6.45, 7) is 13.2. The molecule has 0 aromatic heterocycles. The second kappa shape index (κ2) is 6.38. The third kappa shape index (κ3) is 5.71. The molecule has 2 unspecified atom stereocenters. The highest BCUT2D eigenvalue weighted by Gasteiger charge is 2.32. The van der Waals surface area contributed by atoms with Crippen molar-refractivity contribution in [2.75, 3.05) is 13.2 Å². The Morgan fingerprint density at radius 2 is 1.94 bits per heavy atom. The molecule has 0 saturated heterocycles. The fraction of sp³-hybridized carbons (Fsp3) is 1.00. The van der Waals surface area contributed by atoms with Crippen LogP contribution in [0.3, 0.4) is 0 Å². The van der Waals surface area contributed by atoms with Gasteiger partial charge in [-0.05, 0) is 55.4 Å². The predicted molar refractivity (Wildman–Crippen MR) is 78.6 cm³/mol. The Morgan fingerprint density at radius 1 is 1.28 bits per heavy atom. The number of rotatable bonds is 6. The van der Waals surface area contributed by atoms with E-state index in [4.69, 9.17) is 10.5 Å². The zero-order valence-electron chi connectivity index (χ0n) is 13.1. The topological polar surface area (TPSA) is 35.2 Å². The molecule has 2 nitrogen and oxygen atoms in total. The van der Waals surface area contributed by atoms with Gasteiger partial charge < -0.3 is 10.5 Å². The van der Waals surface area contributed by atoms with Gasteiger partial charge in [-0.25, -0.2) is 0 Å². The van der Waals surface area contributed by atoms with Gasteiger partial charge in [0, 0.05) is 6.61 Å². The molecule has 0 bridgehead atoms. The van der Waals surface area contributed by atoms with E-state index >= 15 is 0 Å². The molecule has 0 radical (unpaired) electrons. The molecule has 1 aliphatic carbocycles. The fourth-order valence-corrected chi connectivity index (χ4v) is 3.29. The van der Waals surface area contributed by atoms with E-state index in [1.54, 1.807) is 0 Å². The molecule has 1 fully saturated rings. The van der Waals surface area contributed by atoms with E-state index in [1.807, 2.05) is 0 Å². The number of hydrogen-bond acceptors (Lipinski definition) is 2. The van der Waals surface area contributed by atoms with Gasteiger partial charge >= 0.3 is 0 Å². The van der Waals surface area contributed by atoms with Crippen LogP contribution in [-0.4, -0.2) is 19.3 Å². The van der Waals surface area contributed by atoms with E-state index in [0.29, 0.717) is 11.5 Å². The maximum absolute atomic E-state index is 6.09. The van der Waals surface area contributed by atoms with E-state index in [2.05, 4.69) is 34.6 Å². The first-order valence-corrected chi connectivity index (χ1v) is 7.56. The Bertz CT molecular complexity index is 247. The van der Waals surface area contributed by atoms with Crippen LogP contribution in [0.25, 0.3) is 0 Å². The summed E-state index contributed by atoms with van der Waals surface area (Å²) >= 11 is 0. The van der Waals surface area contributed by atoms with Gasteiger partial charge in [-0.1, -0.05) is 34.6 Å². The number of nitrogens with two attached hydrogens (primary N) is 1. The van der Waals surface area contributed by atoms with E-state index in [9.17, 15) is 0 Å². The molecule has 1 aliphatic rings. The van der Waals surface area contributed by atoms with E-state index in [-0.39, 0.29) is 5.41 Å². The summed E-state index contributed by atoms with van der Waals surface area (Å²) in [5.74, 6) is 0.805. The quantitative estimate of drug-likeness (QED) is 0.729. The molecule has 1 rings (SSSR count). The van der Waals surface area contributed by atoms with Crippen LogP contribution >= 0.6 is 0 Å². The zero-order valence-corrected chi connectivity index (χ0v) is 13.1. The predicted octanol–water partition coefficient (Wildman–Crippen LogP) is 3.98. The van der Waals surface area contributed by atoms with Crippen molar-refractivity contribution in [2.24, 2.45) is 22.5 Å². The van der Waals surface area contributed by atoms with E-state index in [1.165, 1.54) is 19.3 Å². The van der Waals surface area contributed by atoms with E-state index < -0.39 is 0 Å². The van der Waals surface area contributed by atoms with Crippen molar-refractivity contribution in [3.8, 4) is 0 Å². The third-order valence-corrected chi connectivity index (χ3v) is 4.25. The Kier molecular flexibility index (Phi) is 5.67. The molecule has 2 N–H and O–H groups in total. The molecule has 108 valence electrons. The highest BCUT2D eigenvalue weighted by atomic mass is 16.5. The second-order valence-corrected chi connectivity index (χ2v) is 7.88. The molecule has 1 saturated carbocycles. The lowest BCUT2D eigenvalue weighted by Crippen LogP contribution is -2.33. The van der Waals surface area contributed by atoms with Crippen LogP contribution in [0.1, 0.15) is 66.7 Å². The van der Waals surface area contributed by atoms with Crippen molar-refractivity contribution in [3.05, 3.63) is 0 Å². The first kappa shape index (κ1) is 16.0. The van der Waals surface area contributed by atoms with Gasteiger partial charge in [-0.2, -0.15) is 0 Å². The minimum atomic E-state index is 0.266. The largest absolute Gasteiger partial charge is 0.378 e. The summed E-state index contributed by atoms with van der Waals surface area (Å²) in [4.78, 5) is 0. The van der Waals surface area contributed by atoms with Crippen LogP contribution in [-0.2, 0) is 4.74 Å². The highest BCUT2D eigenvalue weighted by molar-refractivity contribution is 4.83. The molecular weight excluding hydrogens is 222 g/mol. The zero-order chi connectivity index (χ0) is 13.8. The van der Waals surface area contributed by atoms with Crippen LogP contribution in [0.5, 0.6) is 0 Å². The molecule has 0 heterocycles. The van der Waals surface area contributed by atoms with Gasteiger partial charge in [0.1, 0.15) is 0 Å². The summed E-state index contributed by atoms with van der Waals surface area (Å²) in [6.07, 6.45) is 6.57. The minimum absolute atomic E-state index is 0.266. The normalized spacial score (nSPS) is 28.3. The SMILES string of the molecule is CC1CC(OCCCC(C)(C)CN)CC(C)(C)C1. The van der Waals surface area contributed by atoms with Crippen molar-refractivity contribution in [1.82, 2.24) is 0 Å². The number of ether oxygens (including phenoxy) is 1. The van der Waals surface area contributed by atoms with Crippen LogP contribution in [0, 0.1) is 16.7 Å². The highest BCUT2D eigenvalue weighted by Crippen LogP contribution is 2.39.